The zero-order chi connectivity index (χ0) is 19.1. The van der Waals surface area contributed by atoms with Crippen LogP contribution in [-0.2, 0) is 16.1 Å². The molecule has 0 aliphatic heterocycles. The van der Waals surface area contributed by atoms with Crippen LogP contribution >= 0.6 is 0 Å². The molecular weight excluding hydrogens is 328 g/mol. The van der Waals surface area contributed by atoms with Crippen molar-refractivity contribution in [3.05, 3.63) is 65.2 Å². The number of anilines is 1. The summed E-state index contributed by atoms with van der Waals surface area (Å²) in [6.07, 6.45) is -0.609. The molecule has 0 saturated heterocycles. The fourth-order valence-electron chi connectivity index (χ4n) is 2.47. The van der Waals surface area contributed by atoms with Crippen LogP contribution in [0, 0.1) is 19.8 Å². The second-order valence-corrected chi connectivity index (χ2v) is 6.72. The third kappa shape index (κ3) is 5.62. The molecule has 2 rings (SSSR count). The van der Waals surface area contributed by atoms with Gasteiger partial charge >= 0.3 is 6.09 Å². The lowest BCUT2D eigenvalue weighted by atomic mass is 10.0. The summed E-state index contributed by atoms with van der Waals surface area (Å²) in [5.74, 6) is -0.342. The molecule has 26 heavy (non-hydrogen) atoms. The second kappa shape index (κ2) is 9.04. The zero-order valence-corrected chi connectivity index (χ0v) is 15.7. The number of ether oxygens (including phenoxy) is 1. The smallest absolute Gasteiger partial charge is 0.408 e. The van der Waals surface area contributed by atoms with Crippen molar-refractivity contribution >= 4 is 17.7 Å². The van der Waals surface area contributed by atoms with Crippen LogP contribution in [0.1, 0.15) is 30.5 Å². The summed E-state index contributed by atoms with van der Waals surface area (Å²) in [6, 6.07) is 14.4. The van der Waals surface area contributed by atoms with E-state index < -0.39 is 12.1 Å². The Balaban J connectivity index is 1.95. The number of carbonyl (C=O) groups is 2. The SMILES string of the molecule is Cc1ccc(NC(=O)[C@@H](NC(=O)OCc2ccccc2)C(C)C)cc1C. The Morgan fingerprint density at radius 2 is 1.69 bits per heavy atom. The number of hydrogen-bond donors (Lipinski definition) is 2. The van der Waals surface area contributed by atoms with Crippen LogP contribution in [-0.4, -0.2) is 18.0 Å². The van der Waals surface area contributed by atoms with Gasteiger partial charge in [-0.1, -0.05) is 50.2 Å². The minimum absolute atomic E-state index is 0.0779. The third-order valence-corrected chi connectivity index (χ3v) is 4.21. The lowest BCUT2D eigenvalue weighted by molar-refractivity contribution is -0.119. The van der Waals surface area contributed by atoms with Gasteiger partial charge in [0.1, 0.15) is 12.6 Å². The van der Waals surface area contributed by atoms with Gasteiger partial charge in [0, 0.05) is 5.69 Å². The van der Waals surface area contributed by atoms with Gasteiger partial charge in [-0.05, 0) is 48.6 Å². The maximum absolute atomic E-state index is 12.6. The van der Waals surface area contributed by atoms with Crippen molar-refractivity contribution in [2.75, 3.05) is 5.32 Å². The van der Waals surface area contributed by atoms with Gasteiger partial charge in [0.15, 0.2) is 0 Å². The van der Waals surface area contributed by atoms with E-state index in [9.17, 15) is 9.59 Å². The molecule has 0 unspecified atom stereocenters. The molecule has 2 aromatic carbocycles. The van der Waals surface area contributed by atoms with E-state index in [2.05, 4.69) is 10.6 Å². The third-order valence-electron chi connectivity index (χ3n) is 4.21. The fraction of sp³-hybridized carbons (Fsp3) is 0.333. The van der Waals surface area contributed by atoms with E-state index in [0.29, 0.717) is 5.69 Å². The highest BCUT2D eigenvalue weighted by molar-refractivity contribution is 5.96. The van der Waals surface area contributed by atoms with E-state index in [-0.39, 0.29) is 18.4 Å². The number of amides is 2. The van der Waals surface area contributed by atoms with Crippen LogP contribution in [0.25, 0.3) is 0 Å². The van der Waals surface area contributed by atoms with Gasteiger partial charge in [0.25, 0.3) is 0 Å². The summed E-state index contributed by atoms with van der Waals surface area (Å²) in [7, 11) is 0. The Morgan fingerprint density at radius 1 is 1.00 bits per heavy atom. The average Bonchev–Trinajstić information content (AvgIpc) is 2.61. The number of carbonyl (C=O) groups excluding carboxylic acids is 2. The first-order valence-electron chi connectivity index (χ1n) is 8.72. The van der Waals surface area contributed by atoms with Crippen molar-refractivity contribution < 1.29 is 14.3 Å². The van der Waals surface area contributed by atoms with E-state index in [1.807, 2.05) is 76.2 Å². The largest absolute Gasteiger partial charge is 0.445 e. The highest BCUT2D eigenvalue weighted by Crippen LogP contribution is 2.15. The first-order valence-corrected chi connectivity index (χ1v) is 8.72. The molecule has 0 fully saturated rings. The van der Waals surface area contributed by atoms with Crippen LogP contribution in [0.4, 0.5) is 10.5 Å². The van der Waals surface area contributed by atoms with Gasteiger partial charge < -0.3 is 15.4 Å². The van der Waals surface area contributed by atoms with Gasteiger partial charge in [-0.3, -0.25) is 4.79 Å². The molecule has 0 radical (unpaired) electrons. The Labute approximate surface area is 154 Å². The van der Waals surface area contributed by atoms with Gasteiger partial charge in [-0.2, -0.15) is 0 Å². The molecule has 2 N–H and O–H groups in total. The van der Waals surface area contributed by atoms with Crippen molar-refractivity contribution in [2.45, 2.75) is 40.3 Å². The number of nitrogens with one attached hydrogen (secondary N) is 2. The number of rotatable bonds is 6. The summed E-state index contributed by atoms with van der Waals surface area (Å²) in [4.78, 5) is 24.7. The predicted molar refractivity (Wildman–Crippen MR) is 103 cm³/mol. The van der Waals surface area contributed by atoms with Crippen LogP contribution in [0.2, 0.25) is 0 Å². The minimum Gasteiger partial charge on any atom is -0.445 e. The normalized spacial score (nSPS) is 11.7. The summed E-state index contributed by atoms with van der Waals surface area (Å²) >= 11 is 0. The van der Waals surface area contributed by atoms with Crippen LogP contribution in [0.3, 0.4) is 0 Å². The molecule has 0 aromatic heterocycles. The zero-order valence-electron chi connectivity index (χ0n) is 15.7. The standard InChI is InChI=1S/C21H26N2O3/c1-14(2)19(20(24)22-18-11-10-15(3)16(4)12-18)23-21(25)26-13-17-8-6-5-7-9-17/h5-12,14,19H,13H2,1-4H3,(H,22,24)(H,23,25)/t19-/m0/s1. The number of benzene rings is 2. The van der Waals surface area contributed by atoms with E-state index in [4.69, 9.17) is 4.74 Å². The van der Waals surface area contributed by atoms with E-state index in [1.54, 1.807) is 0 Å². The molecule has 0 spiro atoms. The second-order valence-electron chi connectivity index (χ2n) is 6.72. The molecule has 0 saturated carbocycles. The summed E-state index contributed by atoms with van der Waals surface area (Å²) in [6.45, 7) is 7.92. The summed E-state index contributed by atoms with van der Waals surface area (Å²) in [5.41, 5.74) is 3.86. The van der Waals surface area contributed by atoms with Gasteiger partial charge in [-0.25, -0.2) is 4.79 Å². The molecule has 0 aliphatic carbocycles. The predicted octanol–water partition coefficient (Wildman–Crippen LogP) is 4.19. The number of aryl methyl sites for hydroxylation is 2. The number of hydrogen-bond acceptors (Lipinski definition) is 3. The molecule has 2 amide bonds. The number of alkyl carbamates (subject to hydrolysis) is 1. The molecule has 2 aromatic rings. The van der Waals surface area contributed by atoms with E-state index in [1.165, 1.54) is 0 Å². The van der Waals surface area contributed by atoms with Gasteiger partial charge in [-0.15, -0.1) is 0 Å². The molecule has 1 atom stereocenters. The van der Waals surface area contributed by atoms with Crippen LogP contribution < -0.4 is 10.6 Å². The summed E-state index contributed by atoms with van der Waals surface area (Å²) in [5, 5.41) is 5.52. The molecule has 138 valence electrons. The molecule has 5 nitrogen and oxygen atoms in total. The van der Waals surface area contributed by atoms with Crippen LogP contribution in [0.15, 0.2) is 48.5 Å². The molecule has 0 bridgehead atoms. The van der Waals surface area contributed by atoms with E-state index >= 15 is 0 Å². The Morgan fingerprint density at radius 3 is 2.31 bits per heavy atom. The lowest BCUT2D eigenvalue weighted by Gasteiger charge is -2.21. The highest BCUT2D eigenvalue weighted by atomic mass is 16.5. The van der Waals surface area contributed by atoms with Crippen molar-refractivity contribution in [1.82, 2.24) is 5.32 Å². The van der Waals surface area contributed by atoms with Crippen molar-refractivity contribution in [2.24, 2.45) is 5.92 Å². The van der Waals surface area contributed by atoms with Crippen molar-refractivity contribution in [1.29, 1.82) is 0 Å². The quantitative estimate of drug-likeness (QED) is 0.817. The lowest BCUT2D eigenvalue weighted by Crippen LogP contribution is -2.47. The first-order chi connectivity index (χ1) is 12.4. The van der Waals surface area contributed by atoms with Gasteiger partial charge in [0.05, 0.1) is 0 Å². The Kier molecular flexibility index (Phi) is 6.78. The highest BCUT2D eigenvalue weighted by Gasteiger charge is 2.25. The molecule has 0 aliphatic rings. The monoisotopic (exact) mass is 354 g/mol. The van der Waals surface area contributed by atoms with Crippen LogP contribution in [0.5, 0.6) is 0 Å². The maximum atomic E-state index is 12.6. The van der Waals surface area contributed by atoms with Gasteiger partial charge in [0.2, 0.25) is 5.91 Å². The van der Waals surface area contributed by atoms with Crippen molar-refractivity contribution in [3.8, 4) is 0 Å². The Bertz CT molecular complexity index is 757. The summed E-state index contributed by atoms with van der Waals surface area (Å²) < 4.78 is 5.21. The fourth-order valence-corrected chi connectivity index (χ4v) is 2.47. The van der Waals surface area contributed by atoms with E-state index in [0.717, 1.165) is 16.7 Å². The molecule has 5 heteroatoms. The topological polar surface area (TPSA) is 67.4 Å². The first kappa shape index (κ1) is 19.5. The van der Waals surface area contributed by atoms with Crippen molar-refractivity contribution in [3.63, 3.8) is 0 Å². The molecule has 0 heterocycles. The minimum atomic E-state index is -0.681. The average molecular weight is 354 g/mol. The molecular formula is C21H26N2O3. The Hall–Kier alpha value is -2.82. The maximum Gasteiger partial charge on any atom is 0.408 e.